The number of ether oxygens (including phenoxy) is 2. The number of nitrogens with one attached hydrogen (secondary N) is 1. The number of aliphatic hydroxyl groups is 1. The quantitative estimate of drug-likeness (QED) is 0.404. The topological polar surface area (TPSA) is 154 Å². The van der Waals surface area contributed by atoms with E-state index in [0.717, 1.165) is 25.7 Å². The maximum absolute atomic E-state index is 12.9. The summed E-state index contributed by atoms with van der Waals surface area (Å²) in [5.41, 5.74) is 6.15. The highest BCUT2D eigenvalue weighted by Gasteiger charge is 2.54. The van der Waals surface area contributed by atoms with E-state index < -0.39 is 11.5 Å². The lowest BCUT2D eigenvalue weighted by Gasteiger charge is -2.57. The van der Waals surface area contributed by atoms with Gasteiger partial charge in [0.05, 0.1) is 35.5 Å². The van der Waals surface area contributed by atoms with E-state index in [-0.39, 0.29) is 36.5 Å². The van der Waals surface area contributed by atoms with Crippen molar-refractivity contribution in [1.82, 2.24) is 24.9 Å². The third-order valence-electron chi connectivity index (χ3n) is 6.70. The molecule has 0 atom stereocenters. The van der Waals surface area contributed by atoms with Crippen LogP contribution in [0.25, 0.3) is 5.52 Å². The molecule has 2 aliphatic rings. The molecule has 2 amide bonds. The summed E-state index contributed by atoms with van der Waals surface area (Å²) in [6, 6.07) is 3.65. The van der Waals surface area contributed by atoms with Crippen molar-refractivity contribution in [3.05, 3.63) is 48.2 Å². The third-order valence-corrected chi connectivity index (χ3v) is 6.70. The van der Waals surface area contributed by atoms with E-state index in [1.165, 1.54) is 12.4 Å². The van der Waals surface area contributed by atoms with Gasteiger partial charge >= 0.3 is 0 Å². The van der Waals surface area contributed by atoms with Crippen LogP contribution in [0.3, 0.4) is 0 Å². The van der Waals surface area contributed by atoms with Crippen LogP contribution in [0, 0.1) is 5.41 Å². The lowest BCUT2D eigenvalue weighted by molar-refractivity contribution is -0.117. The zero-order valence-electron chi connectivity index (χ0n) is 20.3. The molecule has 4 N–H and O–H groups in total. The van der Waals surface area contributed by atoms with Gasteiger partial charge in [0.1, 0.15) is 24.2 Å². The molecule has 3 heterocycles. The average molecular weight is 495 g/mol. The average Bonchev–Trinajstić information content (AvgIpc) is 3.18. The van der Waals surface area contributed by atoms with Crippen molar-refractivity contribution in [3.63, 3.8) is 0 Å². The van der Waals surface area contributed by atoms with E-state index in [1.807, 2.05) is 0 Å². The summed E-state index contributed by atoms with van der Waals surface area (Å²) >= 11 is 0. The van der Waals surface area contributed by atoms with Crippen LogP contribution in [0.4, 0.5) is 0 Å². The molecule has 1 spiro atoms. The Kier molecular flexibility index (Phi) is 6.03. The fraction of sp³-hybridized carbons (Fsp3) is 0.480. The van der Waals surface area contributed by atoms with Crippen molar-refractivity contribution in [2.45, 2.75) is 63.7 Å². The first-order valence-corrected chi connectivity index (χ1v) is 12.0. The van der Waals surface area contributed by atoms with Gasteiger partial charge in [-0.05, 0) is 57.1 Å². The second kappa shape index (κ2) is 9.05. The normalized spacial score (nSPS) is 23.1. The smallest absolute Gasteiger partial charge is 0.255 e. The molecule has 2 saturated carbocycles. The highest BCUT2D eigenvalue weighted by Crippen LogP contribution is 2.56. The first kappa shape index (κ1) is 24.0. The van der Waals surface area contributed by atoms with Gasteiger partial charge in [-0.25, -0.2) is 9.50 Å². The van der Waals surface area contributed by atoms with E-state index in [2.05, 4.69) is 20.4 Å². The van der Waals surface area contributed by atoms with E-state index in [4.69, 9.17) is 15.2 Å². The number of pyridine rings is 1. The zero-order chi connectivity index (χ0) is 25.5. The Hall–Kier alpha value is -3.73. The fourth-order valence-corrected chi connectivity index (χ4v) is 5.06. The predicted molar refractivity (Wildman–Crippen MR) is 128 cm³/mol. The standard InChI is InChI=1S/C25H30N6O5/c1-24(2,34)14-35-16-3-4-20-18(12-29-31(20)13-16)22(33)30-15-8-25(9-15)10-17(11-25)36-23-19(7-21(26)32)27-5-6-28-23/h3-6,12-13,15,17,34H,7-11,14H2,1-2H3,(H2,26,32)(H,30,33). The van der Waals surface area contributed by atoms with Crippen molar-refractivity contribution in [3.8, 4) is 11.6 Å². The lowest BCUT2D eigenvalue weighted by Crippen LogP contribution is -2.58. The zero-order valence-corrected chi connectivity index (χ0v) is 20.3. The summed E-state index contributed by atoms with van der Waals surface area (Å²) in [4.78, 5) is 32.5. The molecule has 3 aromatic rings. The minimum atomic E-state index is -0.944. The van der Waals surface area contributed by atoms with Crippen LogP contribution >= 0.6 is 0 Å². The van der Waals surface area contributed by atoms with Gasteiger partial charge in [0, 0.05) is 18.4 Å². The molecule has 2 fully saturated rings. The molecule has 0 saturated heterocycles. The largest absolute Gasteiger partial charge is 0.489 e. The first-order chi connectivity index (χ1) is 17.1. The van der Waals surface area contributed by atoms with Crippen molar-refractivity contribution in [2.75, 3.05) is 6.61 Å². The van der Waals surface area contributed by atoms with E-state index in [9.17, 15) is 14.7 Å². The second-order valence-electron chi connectivity index (χ2n) is 10.5. The van der Waals surface area contributed by atoms with Gasteiger partial charge < -0.3 is 25.6 Å². The van der Waals surface area contributed by atoms with Crippen molar-refractivity contribution in [1.29, 1.82) is 0 Å². The van der Waals surface area contributed by atoms with Crippen LogP contribution in [0.15, 0.2) is 36.9 Å². The molecule has 5 rings (SSSR count). The predicted octanol–water partition coefficient (Wildman–Crippen LogP) is 1.42. The molecule has 36 heavy (non-hydrogen) atoms. The number of hydrogen-bond acceptors (Lipinski definition) is 8. The van der Waals surface area contributed by atoms with E-state index in [0.29, 0.717) is 28.4 Å². The van der Waals surface area contributed by atoms with Crippen LogP contribution in [0.5, 0.6) is 11.6 Å². The van der Waals surface area contributed by atoms with Gasteiger partial charge in [-0.15, -0.1) is 0 Å². The molecule has 0 aromatic carbocycles. The summed E-state index contributed by atoms with van der Waals surface area (Å²) in [5.74, 6) is 0.291. The Morgan fingerprint density at radius 2 is 1.97 bits per heavy atom. The SMILES string of the molecule is CC(C)(O)COc1ccc2c(C(=O)NC3CC4(C3)CC(Oc3nccnc3CC(N)=O)C4)cnn2c1. The monoisotopic (exact) mass is 494 g/mol. The number of nitrogens with zero attached hydrogens (tertiary/aromatic N) is 4. The molecular weight excluding hydrogens is 464 g/mol. The first-order valence-electron chi connectivity index (χ1n) is 12.0. The number of nitrogens with two attached hydrogens (primary N) is 1. The van der Waals surface area contributed by atoms with Crippen LogP contribution < -0.4 is 20.5 Å². The molecule has 3 aromatic heterocycles. The van der Waals surface area contributed by atoms with Gasteiger partial charge in [-0.3, -0.25) is 14.6 Å². The Balaban J connectivity index is 1.12. The minimum Gasteiger partial charge on any atom is -0.489 e. The number of rotatable bonds is 9. The van der Waals surface area contributed by atoms with Gasteiger partial charge in [0.25, 0.3) is 5.91 Å². The van der Waals surface area contributed by atoms with Crippen molar-refractivity contribution >= 4 is 17.3 Å². The molecule has 190 valence electrons. The molecule has 11 nitrogen and oxygen atoms in total. The van der Waals surface area contributed by atoms with Gasteiger partial charge in [0.15, 0.2) is 0 Å². The minimum absolute atomic E-state index is 0.00608. The number of carbonyl (C=O) groups excluding carboxylic acids is 2. The number of primary amides is 1. The molecule has 11 heteroatoms. The molecule has 0 bridgehead atoms. The fourth-order valence-electron chi connectivity index (χ4n) is 5.06. The Morgan fingerprint density at radius 3 is 2.69 bits per heavy atom. The number of carbonyl (C=O) groups is 2. The Morgan fingerprint density at radius 1 is 1.22 bits per heavy atom. The second-order valence-corrected chi connectivity index (χ2v) is 10.5. The molecular formula is C25H30N6O5. The van der Waals surface area contributed by atoms with E-state index >= 15 is 0 Å². The number of hydrogen-bond donors (Lipinski definition) is 3. The number of fused-ring (bicyclic) bond motifs is 1. The van der Waals surface area contributed by atoms with Crippen LogP contribution in [0.2, 0.25) is 0 Å². The summed E-state index contributed by atoms with van der Waals surface area (Å²) < 4.78 is 13.2. The number of amides is 2. The molecule has 0 radical (unpaired) electrons. The Labute approximate surface area is 208 Å². The molecule has 0 aliphatic heterocycles. The molecule has 0 unspecified atom stereocenters. The highest BCUT2D eigenvalue weighted by molar-refractivity contribution is 6.00. The lowest BCUT2D eigenvalue weighted by atomic mass is 9.53. The summed E-state index contributed by atoms with van der Waals surface area (Å²) in [5, 5.41) is 17.2. The van der Waals surface area contributed by atoms with Gasteiger partial charge in [-0.2, -0.15) is 5.10 Å². The summed E-state index contributed by atoms with van der Waals surface area (Å²) in [6.07, 6.45) is 9.82. The van der Waals surface area contributed by atoms with Gasteiger partial charge in [-0.1, -0.05) is 0 Å². The maximum atomic E-state index is 12.9. The summed E-state index contributed by atoms with van der Waals surface area (Å²) in [7, 11) is 0. The summed E-state index contributed by atoms with van der Waals surface area (Å²) in [6.45, 7) is 3.49. The maximum Gasteiger partial charge on any atom is 0.255 e. The van der Waals surface area contributed by atoms with Crippen LogP contribution in [-0.2, 0) is 11.2 Å². The van der Waals surface area contributed by atoms with Crippen LogP contribution in [-0.4, -0.2) is 60.9 Å². The highest BCUT2D eigenvalue weighted by atomic mass is 16.5. The van der Waals surface area contributed by atoms with Crippen molar-refractivity contribution < 1.29 is 24.2 Å². The van der Waals surface area contributed by atoms with Crippen molar-refractivity contribution in [2.24, 2.45) is 11.1 Å². The van der Waals surface area contributed by atoms with Gasteiger partial charge in [0.2, 0.25) is 11.8 Å². The van der Waals surface area contributed by atoms with E-state index in [1.54, 1.807) is 42.9 Å². The molecule has 2 aliphatic carbocycles. The third kappa shape index (κ3) is 5.11. The van der Waals surface area contributed by atoms with Crippen LogP contribution in [0.1, 0.15) is 55.6 Å². The Bertz CT molecular complexity index is 1290. The number of aromatic nitrogens is 4.